The zero-order chi connectivity index (χ0) is 11.4. The maximum atomic E-state index is 10.5. The molecular weight excluding hydrogens is 206 g/mol. The molecule has 1 atom stereocenters. The molecule has 1 aromatic heterocycles. The molecular formula is C11H15N3O2. The fourth-order valence-corrected chi connectivity index (χ4v) is 1.94. The fourth-order valence-electron chi connectivity index (χ4n) is 1.94. The van der Waals surface area contributed by atoms with Crippen LogP contribution in [0, 0.1) is 5.92 Å². The molecule has 1 aliphatic heterocycles. The number of anilines is 1. The number of nitrogens with zero attached hydrogens (tertiary/aromatic N) is 3. The molecule has 1 aromatic rings. The topological polar surface area (TPSA) is 55.3 Å². The van der Waals surface area contributed by atoms with Crippen molar-refractivity contribution in [3.05, 3.63) is 18.0 Å². The van der Waals surface area contributed by atoms with E-state index in [2.05, 4.69) is 14.9 Å². The van der Waals surface area contributed by atoms with Crippen LogP contribution >= 0.6 is 0 Å². The third kappa shape index (κ3) is 2.36. The Hall–Kier alpha value is -1.49. The number of rotatable bonds is 4. The van der Waals surface area contributed by atoms with E-state index in [1.807, 2.05) is 0 Å². The van der Waals surface area contributed by atoms with Crippen molar-refractivity contribution in [1.82, 2.24) is 9.97 Å². The maximum Gasteiger partial charge on any atom is 0.225 e. The molecule has 2 rings (SSSR count). The smallest absolute Gasteiger partial charge is 0.225 e. The Bertz CT molecular complexity index is 353. The molecule has 5 heteroatoms. The molecule has 1 unspecified atom stereocenters. The second-order valence-corrected chi connectivity index (χ2v) is 3.99. The monoisotopic (exact) mass is 221 g/mol. The van der Waals surface area contributed by atoms with E-state index in [9.17, 15) is 4.79 Å². The van der Waals surface area contributed by atoms with Crippen molar-refractivity contribution in [3.63, 3.8) is 0 Å². The summed E-state index contributed by atoms with van der Waals surface area (Å²) in [7, 11) is 1.72. The SMILES string of the molecule is COCC1CCN(c2ncc(C=O)cn2)C1. The molecule has 1 saturated heterocycles. The van der Waals surface area contributed by atoms with Gasteiger partial charge in [0.15, 0.2) is 6.29 Å². The van der Waals surface area contributed by atoms with Crippen LogP contribution in [-0.4, -0.2) is 43.1 Å². The number of carbonyl (C=O) groups excluding carboxylic acids is 1. The highest BCUT2D eigenvalue weighted by molar-refractivity contribution is 5.73. The zero-order valence-electron chi connectivity index (χ0n) is 9.30. The molecule has 0 spiro atoms. The van der Waals surface area contributed by atoms with Crippen LogP contribution in [0.5, 0.6) is 0 Å². The van der Waals surface area contributed by atoms with Crippen LogP contribution in [0.2, 0.25) is 0 Å². The summed E-state index contributed by atoms with van der Waals surface area (Å²) >= 11 is 0. The molecule has 5 nitrogen and oxygen atoms in total. The van der Waals surface area contributed by atoms with Gasteiger partial charge in [0.2, 0.25) is 5.95 Å². The number of carbonyl (C=O) groups is 1. The average Bonchev–Trinajstić information content (AvgIpc) is 2.78. The Labute approximate surface area is 94.5 Å². The number of aldehydes is 1. The minimum absolute atomic E-state index is 0.511. The lowest BCUT2D eigenvalue weighted by Gasteiger charge is -2.15. The zero-order valence-corrected chi connectivity index (χ0v) is 9.30. The molecule has 0 bridgehead atoms. The number of ether oxygens (including phenoxy) is 1. The van der Waals surface area contributed by atoms with Gasteiger partial charge in [-0.1, -0.05) is 0 Å². The van der Waals surface area contributed by atoms with Crippen molar-refractivity contribution in [2.24, 2.45) is 5.92 Å². The number of methoxy groups -OCH3 is 1. The highest BCUT2D eigenvalue weighted by Crippen LogP contribution is 2.20. The summed E-state index contributed by atoms with van der Waals surface area (Å²) in [6.07, 6.45) is 4.96. The van der Waals surface area contributed by atoms with Gasteiger partial charge < -0.3 is 9.64 Å². The Kier molecular flexibility index (Phi) is 3.46. The highest BCUT2D eigenvalue weighted by Gasteiger charge is 2.23. The Morgan fingerprint density at radius 2 is 2.31 bits per heavy atom. The number of hydrogen-bond acceptors (Lipinski definition) is 5. The lowest BCUT2D eigenvalue weighted by Crippen LogP contribution is -2.23. The molecule has 16 heavy (non-hydrogen) atoms. The van der Waals surface area contributed by atoms with Crippen LogP contribution in [0.1, 0.15) is 16.8 Å². The van der Waals surface area contributed by atoms with Gasteiger partial charge in [0.25, 0.3) is 0 Å². The fraction of sp³-hybridized carbons (Fsp3) is 0.545. The molecule has 0 amide bonds. The summed E-state index contributed by atoms with van der Waals surface area (Å²) in [5.74, 6) is 1.25. The van der Waals surface area contributed by atoms with Gasteiger partial charge in [-0.3, -0.25) is 4.79 Å². The summed E-state index contributed by atoms with van der Waals surface area (Å²) in [5.41, 5.74) is 0.511. The molecule has 0 saturated carbocycles. The average molecular weight is 221 g/mol. The van der Waals surface area contributed by atoms with Crippen molar-refractivity contribution in [2.45, 2.75) is 6.42 Å². The Balaban J connectivity index is 2.00. The molecule has 2 heterocycles. The summed E-state index contributed by atoms with van der Waals surface area (Å²) in [5, 5.41) is 0. The quantitative estimate of drug-likeness (QED) is 0.703. The van der Waals surface area contributed by atoms with Gasteiger partial charge in [0, 0.05) is 38.5 Å². The first-order chi connectivity index (χ1) is 7.83. The van der Waals surface area contributed by atoms with E-state index in [0.29, 0.717) is 17.4 Å². The lowest BCUT2D eigenvalue weighted by molar-refractivity contribution is 0.112. The standard InChI is InChI=1S/C11H15N3O2/c1-16-8-9-2-3-14(6-9)11-12-4-10(7-15)5-13-11/h4-5,7,9H,2-3,6,8H2,1H3. The summed E-state index contributed by atoms with van der Waals surface area (Å²) in [6, 6.07) is 0. The van der Waals surface area contributed by atoms with E-state index in [0.717, 1.165) is 32.4 Å². The predicted octanol–water partition coefficient (Wildman–Crippen LogP) is 0.762. The second kappa shape index (κ2) is 5.03. The molecule has 1 aliphatic rings. The maximum absolute atomic E-state index is 10.5. The molecule has 0 radical (unpaired) electrons. The molecule has 0 N–H and O–H groups in total. The van der Waals surface area contributed by atoms with Crippen LogP contribution in [0.15, 0.2) is 12.4 Å². The van der Waals surface area contributed by atoms with Gasteiger partial charge in [-0.2, -0.15) is 0 Å². The third-order valence-corrected chi connectivity index (χ3v) is 2.77. The van der Waals surface area contributed by atoms with Crippen molar-refractivity contribution >= 4 is 12.2 Å². The molecule has 86 valence electrons. The van der Waals surface area contributed by atoms with E-state index in [4.69, 9.17) is 4.74 Å². The van der Waals surface area contributed by atoms with Crippen LogP contribution in [0.25, 0.3) is 0 Å². The van der Waals surface area contributed by atoms with Gasteiger partial charge in [-0.15, -0.1) is 0 Å². The van der Waals surface area contributed by atoms with Crippen molar-refractivity contribution in [2.75, 3.05) is 31.7 Å². The van der Waals surface area contributed by atoms with E-state index < -0.39 is 0 Å². The van der Waals surface area contributed by atoms with E-state index >= 15 is 0 Å². The van der Waals surface area contributed by atoms with Gasteiger partial charge >= 0.3 is 0 Å². The Morgan fingerprint density at radius 1 is 1.56 bits per heavy atom. The summed E-state index contributed by atoms with van der Waals surface area (Å²) in [6.45, 7) is 2.66. The minimum atomic E-state index is 0.511. The first-order valence-electron chi connectivity index (χ1n) is 5.34. The van der Waals surface area contributed by atoms with E-state index in [-0.39, 0.29) is 0 Å². The van der Waals surface area contributed by atoms with Gasteiger partial charge in [-0.05, 0) is 6.42 Å². The lowest BCUT2D eigenvalue weighted by atomic mass is 10.1. The van der Waals surface area contributed by atoms with Crippen molar-refractivity contribution < 1.29 is 9.53 Å². The minimum Gasteiger partial charge on any atom is -0.384 e. The van der Waals surface area contributed by atoms with Gasteiger partial charge in [0.05, 0.1) is 12.2 Å². The summed E-state index contributed by atoms with van der Waals surface area (Å²) < 4.78 is 5.13. The molecule has 0 aromatic carbocycles. The summed E-state index contributed by atoms with van der Waals surface area (Å²) in [4.78, 5) is 20.9. The van der Waals surface area contributed by atoms with Crippen molar-refractivity contribution in [3.8, 4) is 0 Å². The molecule has 1 fully saturated rings. The molecule has 0 aliphatic carbocycles. The van der Waals surface area contributed by atoms with Crippen LogP contribution in [0.3, 0.4) is 0 Å². The Morgan fingerprint density at radius 3 is 2.94 bits per heavy atom. The van der Waals surface area contributed by atoms with Gasteiger partial charge in [0.1, 0.15) is 0 Å². The highest BCUT2D eigenvalue weighted by atomic mass is 16.5. The third-order valence-electron chi connectivity index (χ3n) is 2.77. The van der Waals surface area contributed by atoms with E-state index in [1.54, 1.807) is 19.5 Å². The van der Waals surface area contributed by atoms with Crippen LogP contribution < -0.4 is 4.90 Å². The first kappa shape index (κ1) is 11.0. The number of aromatic nitrogens is 2. The first-order valence-corrected chi connectivity index (χ1v) is 5.34. The van der Waals surface area contributed by atoms with Crippen LogP contribution in [0.4, 0.5) is 5.95 Å². The van der Waals surface area contributed by atoms with Gasteiger partial charge in [-0.25, -0.2) is 9.97 Å². The normalized spacial score (nSPS) is 20.1. The second-order valence-electron chi connectivity index (χ2n) is 3.99. The van der Waals surface area contributed by atoms with E-state index in [1.165, 1.54) is 0 Å². The predicted molar refractivity (Wildman–Crippen MR) is 59.6 cm³/mol. The number of hydrogen-bond donors (Lipinski definition) is 0. The largest absolute Gasteiger partial charge is 0.384 e. The van der Waals surface area contributed by atoms with Crippen molar-refractivity contribution in [1.29, 1.82) is 0 Å². The van der Waals surface area contributed by atoms with Crippen LogP contribution in [-0.2, 0) is 4.74 Å².